The van der Waals surface area contributed by atoms with E-state index in [4.69, 9.17) is 5.11 Å². The van der Waals surface area contributed by atoms with Crippen molar-refractivity contribution in [3.8, 4) is 0 Å². The zero-order chi connectivity index (χ0) is 2.00. The van der Waals surface area contributed by atoms with Gasteiger partial charge in [-0.1, -0.05) is 7.43 Å². The number of aliphatic hydroxyl groups excluding tert-OH is 1. The van der Waals surface area contributed by atoms with Crippen molar-refractivity contribution in [2.24, 2.45) is 0 Å². The van der Waals surface area contributed by atoms with E-state index in [9.17, 15) is 0 Å². The van der Waals surface area contributed by atoms with Crippen LogP contribution in [0.1, 0.15) is 7.43 Å². The van der Waals surface area contributed by atoms with Gasteiger partial charge in [0.15, 0.2) is 0 Å². The molecule has 0 unspecified atom stereocenters. The summed E-state index contributed by atoms with van der Waals surface area (Å²) in [5, 5.41) is 7.00. The minimum absolute atomic E-state index is 0. The quantitative estimate of drug-likeness (QED) is 0.571. The molecule has 0 bridgehead atoms. The maximum absolute atomic E-state index is 7.00. The summed E-state index contributed by atoms with van der Waals surface area (Å²) in [6.45, 7) is 0. The van der Waals surface area contributed by atoms with Crippen LogP contribution in [0.25, 0.3) is 0 Å². The van der Waals surface area contributed by atoms with Gasteiger partial charge in [0.2, 0.25) is 0 Å². The van der Waals surface area contributed by atoms with Gasteiger partial charge in [0, 0.05) is 7.11 Å². The molecule has 0 aliphatic heterocycles. The van der Waals surface area contributed by atoms with Gasteiger partial charge in [0.05, 0.1) is 0 Å². The Balaban J connectivity index is -0.00000000500. The molecule has 4 heavy (non-hydrogen) atoms. The van der Waals surface area contributed by atoms with Crippen LogP contribution in [0.3, 0.4) is 0 Å². The molecule has 0 amide bonds. The Morgan fingerprint density at radius 2 is 1.25 bits per heavy atom. The van der Waals surface area contributed by atoms with Crippen molar-refractivity contribution in [1.82, 2.24) is 0 Å². The molecule has 0 fully saturated rings. The fourth-order valence-corrected chi connectivity index (χ4v) is 0. The number of hydrogen-bond donors (Lipinski definition) is 1. The first-order valence-electron chi connectivity index (χ1n) is 0.447. The van der Waals surface area contributed by atoms with Gasteiger partial charge in [-0.2, -0.15) is 0 Å². The molecule has 2 heteroatoms. The van der Waals surface area contributed by atoms with Gasteiger partial charge in [-0.15, -0.1) is 0 Å². The van der Waals surface area contributed by atoms with Gasteiger partial charge in [-0.25, -0.2) is 0 Å². The van der Waals surface area contributed by atoms with Crippen LogP contribution in [0.15, 0.2) is 0 Å². The van der Waals surface area contributed by atoms with Crippen molar-refractivity contribution in [2.75, 3.05) is 7.11 Å². The summed E-state index contributed by atoms with van der Waals surface area (Å²) in [7, 11) is 1.00. The third-order valence-electron chi connectivity index (χ3n) is 0. The second kappa shape index (κ2) is 41.4. The monoisotopic (exact) mass is 258 g/mol. The molecule has 0 saturated heterocycles. The van der Waals surface area contributed by atoms with Crippen LogP contribution in [0.2, 0.25) is 0 Å². The zero-order valence-electron chi connectivity index (χ0n) is 2.15. The van der Waals surface area contributed by atoms with Crippen molar-refractivity contribution in [3.05, 3.63) is 0 Å². The Morgan fingerprint density at radius 3 is 1.25 bits per heavy atom. The van der Waals surface area contributed by atoms with E-state index in [-0.39, 0.29) is 34.7 Å². The average molecular weight is 257 g/mol. The molecule has 2 radical (unpaired) electrons. The van der Waals surface area contributed by atoms with Crippen LogP contribution in [-0.2, 0) is 0 Å². The van der Waals surface area contributed by atoms with Crippen molar-refractivity contribution in [2.45, 2.75) is 7.43 Å². The summed E-state index contributed by atoms with van der Waals surface area (Å²) < 4.78 is 0. The molecule has 0 heterocycles. The van der Waals surface area contributed by atoms with Crippen LogP contribution in [0.4, 0.5) is 0 Å². The number of rotatable bonds is 0. The third kappa shape index (κ3) is 13.1. The standard InChI is InChI=1S/CH4O.CH4.Pb.2H/c1-2;;;;/h2H,1H3;1H4;;;. The Labute approximate surface area is 47.2 Å². The summed E-state index contributed by atoms with van der Waals surface area (Å²) in [5.74, 6) is 0. The van der Waals surface area contributed by atoms with E-state index in [0.29, 0.717) is 0 Å². The molecule has 0 spiro atoms. The van der Waals surface area contributed by atoms with Crippen LogP contribution >= 0.6 is 0 Å². The van der Waals surface area contributed by atoms with E-state index in [1.54, 1.807) is 0 Å². The van der Waals surface area contributed by atoms with Crippen molar-refractivity contribution < 1.29 is 5.11 Å². The Hall–Kier alpha value is 0.882. The summed E-state index contributed by atoms with van der Waals surface area (Å²) >= 11 is 0. The summed E-state index contributed by atoms with van der Waals surface area (Å²) in [6, 6.07) is 0. The Kier molecular flexibility index (Phi) is 215. The van der Waals surface area contributed by atoms with Gasteiger partial charge in [0.25, 0.3) is 0 Å². The molecule has 0 aromatic carbocycles. The second-order valence-corrected chi connectivity index (χ2v) is 0. The minimum atomic E-state index is 0. The molecule has 0 saturated carbocycles. The van der Waals surface area contributed by atoms with Gasteiger partial charge in [-0.05, 0) is 0 Å². The van der Waals surface area contributed by atoms with E-state index in [1.807, 2.05) is 0 Å². The van der Waals surface area contributed by atoms with Crippen molar-refractivity contribution in [1.29, 1.82) is 0 Å². The van der Waals surface area contributed by atoms with Gasteiger partial charge in [0.1, 0.15) is 0 Å². The predicted octanol–water partition coefficient (Wildman–Crippen LogP) is -0.672. The summed E-state index contributed by atoms with van der Waals surface area (Å²) in [5.41, 5.74) is 0. The maximum atomic E-state index is 7.00. The average Bonchev–Trinajstić information content (AvgIpc) is 1.00. The van der Waals surface area contributed by atoms with E-state index >= 15 is 0 Å². The predicted molar refractivity (Wildman–Crippen MR) is 23.4 cm³/mol. The Bertz CT molecular complexity index is 6.00. The molecule has 0 aromatic rings. The first kappa shape index (κ1) is 20.8. The van der Waals surface area contributed by atoms with Crippen LogP contribution < -0.4 is 0 Å². The first-order valence-corrected chi connectivity index (χ1v) is 0.447. The Morgan fingerprint density at radius 1 is 1.25 bits per heavy atom. The molecular formula is C2H10OPb. The van der Waals surface area contributed by atoms with Crippen LogP contribution in [0, 0.1) is 0 Å². The summed E-state index contributed by atoms with van der Waals surface area (Å²) in [6.07, 6.45) is 0. The molecule has 28 valence electrons. The van der Waals surface area contributed by atoms with Crippen LogP contribution in [0.5, 0.6) is 0 Å². The first-order chi connectivity index (χ1) is 1.00. The molecule has 0 rings (SSSR count). The SMILES string of the molecule is C.CO.[PbH2]. The van der Waals surface area contributed by atoms with Crippen molar-refractivity contribution >= 4 is 27.3 Å². The fourth-order valence-electron chi connectivity index (χ4n) is 0. The topological polar surface area (TPSA) is 20.2 Å². The number of hydrogen-bond acceptors (Lipinski definition) is 1. The van der Waals surface area contributed by atoms with E-state index in [2.05, 4.69) is 0 Å². The summed E-state index contributed by atoms with van der Waals surface area (Å²) in [4.78, 5) is 0. The molecular weight excluding hydrogens is 247 g/mol. The van der Waals surface area contributed by atoms with E-state index in [1.165, 1.54) is 0 Å². The third-order valence-corrected chi connectivity index (χ3v) is 0. The zero-order valence-corrected chi connectivity index (χ0v) is 7.65. The van der Waals surface area contributed by atoms with Gasteiger partial charge >= 0.3 is 27.3 Å². The van der Waals surface area contributed by atoms with Gasteiger partial charge in [-0.3, -0.25) is 0 Å². The molecule has 1 N–H and O–H groups in total. The fraction of sp³-hybridized carbons (Fsp3) is 1.00. The van der Waals surface area contributed by atoms with Crippen molar-refractivity contribution in [3.63, 3.8) is 0 Å². The van der Waals surface area contributed by atoms with E-state index < -0.39 is 0 Å². The molecule has 0 aliphatic carbocycles. The van der Waals surface area contributed by atoms with Gasteiger partial charge < -0.3 is 5.11 Å². The van der Waals surface area contributed by atoms with E-state index in [0.717, 1.165) is 7.11 Å². The van der Waals surface area contributed by atoms with Crippen LogP contribution in [-0.4, -0.2) is 39.5 Å². The molecule has 0 atom stereocenters. The molecule has 0 aliphatic rings. The molecule has 0 aromatic heterocycles. The second-order valence-electron chi connectivity index (χ2n) is 0. The molecule has 1 nitrogen and oxygen atoms in total. The normalized spacial score (nSPS) is 1.50. The number of aliphatic hydroxyl groups is 1.